The Morgan fingerprint density at radius 2 is 2.00 bits per heavy atom. The summed E-state index contributed by atoms with van der Waals surface area (Å²) >= 11 is 6.02. The van der Waals surface area contributed by atoms with Gasteiger partial charge in [0.25, 0.3) is 5.69 Å². The van der Waals surface area contributed by atoms with Crippen molar-refractivity contribution in [1.82, 2.24) is 0 Å². The second-order valence-corrected chi connectivity index (χ2v) is 5.20. The molecule has 4 nitrogen and oxygen atoms in total. The summed E-state index contributed by atoms with van der Waals surface area (Å²) in [4.78, 5) is 10.4. The van der Waals surface area contributed by atoms with Crippen molar-refractivity contribution in [2.24, 2.45) is 0 Å². The van der Waals surface area contributed by atoms with Crippen LogP contribution in [0.25, 0.3) is 0 Å². The Labute approximate surface area is 126 Å². The number of benzene rings is 2. The predicted octanol–water partition coefficient (Wildman–Crippen LogP) is 4.87. The third-order valence-electron chi connectivity index (χ3n) is 3.23. The summed E-state index contributed by atoms with van der Waals surface area (Å²) in [5, 5.41) is 14.3. The van der Waals surface area contributed by atoms with Gasteiger partial charge in [0.05, 0.1) is 11.0 Å². The average molecular weight is 309 g/mol. The lowest BCUT2D eigenvalue weighted by Gasteiger charge is -2.18. The number of nitrogens with one attached hydrogen (secondary N) is 1. The van der Waals surface area contributed by atoms with Crippen molar-refractivity contribution in [2.45, 2.75) is 19.9 Å². The molecule has 6 heteroatoms. The molecule has 1 N–H and O–H groups in total. The number of rotatable bonds is 4. The Bertz CT molecular complexity index is 691. The van der Waals surface area contributed by atoms with Crippen molar-refractivity contribution in [3.63, 3.8) is 0 Å². The van der Waals surface area contributed by atoms with Crippen molar-refractivity contribution >= 4 is 23.0 Å². The molecule has 0 spiro atoms. The fraction of sp³-hybridized carbons (Fsp3) is 0.200. The first-order valence-electron chi connectivity index (χ1n) is 6.35. The van der Waals surface area contributed by atoms with Gasteiger partial charge in [-0.1, -0.05) is 23.7 Å². The van der Waals surface area contributed by atoms with E-state index in [1.807, 2.05) is 13.8 Å². The first-order valence-corrected chi connectivity index (χ1v) is 6.73. The molecule has 0 aliphatic heterocycles. The molecule has 0 amide bonds. The minimum Gasteiger partial charge on any atom is -0.378 e. The van der Waals surface area contributed by atoms with E-state index < -0.39 is 10.7 Å². The minimum absolute atomic E-state index is 0.0144. The molecule has 2 aromatic rings. The van der Waals surface area contributed by atoms with E-state index in [0.717, 1.165) is 11.1 Å². The number of halogens is 2. The van der Waals surface area contributed by atoms with Crippen LogP contribution in [-0.2, 0) is 0 Å². The quantitative estimate of drug-likeness (QED) is 0.647. The van der Waals surface area contributed by atoms with Gasteiger partial charge in [-0.25, -0.2) is 4.39 Å². The van der Waals surface area contributed by atoms with Crippen LogP contribution in [0.2, 0.25) is 5.02 Å². The Kier molecular flexibility index (Phi) is 4.43. The smallest absolute Gasteiger partial charge is 0.271 e. The maximum absolute atomic E-state index is 13.1. The maximum Gasteiger partial charge on any atom is 0.271 e. The largest absolute Gasteiger partial charge is 0.378 e. The fourth-order valence-electron chi connectivity index (χ4n) is 2.04. The van der Waals surface area contributed by atoms with Crippen LogP contribution in [0.15, 0.2) is 36.4 Å². The number of non-ortho nitro benzene ring substituents is 1. The Balaban J connectivity index is 2.28. The number of hydrogen-bond acceptors (Lipinski definition) is 3. The molecule has 2 rings (SSSR count). The summed E-state index contributed by atoms with van der Waals surface area (Å²) in [6.45, 7) is 3.71. The highest BCUT2D eigenvalue weighted by molar-refractivity contribution is 6.31. The molecule has 110 valence electrons. The summed E-state index contributed by atoms with van der Waals surface area (Å²) in [5.74, 6) is -0.400. The lowest BCUT2D eigenvalue weighted by Crippen LogP contribution is -2.08. The molecule has 2 aromatic carbocycles. The Hall–Kier alpha value is -2.14. The van der Waals surface area contributed by atoms with Crippen LogP contribution in [0.1, 0.15) is 24.1 Å². The highest BCUT2D eigenvalue weighted by Crippen LogP contribution is 2.29. The Morgan fingerprint density at radius 1 is 1.29 bits per heavy atom. The van der Waals surface area contributed by atoms with E-state index in [2.05, 4.69) is 5.32 Å². The summed E-state index contributed by atoms with van der Waals surface area (Å²) in [7, 11) is 0. The molecule has 0 radical (unpaired) electrons. The summed E-state index contributed by atoms with van der Waals surface area (Å²) in [6.07, 6.45) is 0. The van der Waals surface area contributed by atoms with Gasteiger partial charge in [0.2, 0.25) is 0 Å². The van der Waals surface area contributed by atoms with Crippen molar-refractivity contribution in [3.8, 4) is 0 Å². The summed E-state index contributed by atoms with van der Waals surface area (Å²) < 4.78 is 13.1. The monoisotopic (exact) mass is 308 g/mol. The number of hydrogen-bond donors (Lipinski definition) is 1. The zero-order valence-electron chi connectivity index (χ0n) is 11.6. The van der Waals surface area contributed by atoms with Gasteiger partial charge in [-0.05, 0) is 37.1 Å². The molecule has 0 bridgehead atoms. The maximum atomic E-state index is 13.1. The van der Waals surface area contributed by atoms with Crippen LogP contribution >= 0.6 is 11.6 Å². The molecule has 1 unspecified atom stereocenters. The lowest BCUT2D eigenvalue weighted by molar-refractivity contribution is -0.384. The SMILES string of the molecule is Cc1ccc([N+](=O)[O-])cc1NC(C)c1ccc(F)cc1Cl. The van der Waals surface area contributed by atoms with Crippen LogP contribution in [0.4, 0.5) is 15.8 Å². The minimum atomic E-state index is -0.444. The molecule has 1 atom stereocenters. The predicted molar refractivity (Wildman–Crippen MR) is 81.3 cm³/mol. The van der Waals surface area contributed by atoms with Crippen LogP contribution in [0.5, 0.6) is 0 Å². The molecule has 21 heavy (non-hydrogen) atoms. The molecule has 0 saturated heterocycles. The van der Waals surface area contributed by atoms with Gasteiger partial charge in [0.15, 0.2) is 0 Å². The average Bonchev–Trinajstić information content (AvgIpc) is 2.40. The molecular formula is C15H14ClFN2O2. The van der Waals surface area contributed by atoms with E-state index in [9.17, 15) is 14.5 Å². The normalized spacial score (nSPS) is 12.0. The number of aryl methyl sites for hydroxylation is 1. The number of nitro benzene ring substituents is 1. The van der Waals surface area contributed by atoms with Gasteiger partial charge < -0.3 is 5.32 Å². The molecule has 0 saturated carbocycles. The highest BCUT2D eigenvalue weighted by atomic mass is 35.5. The van der Waals surface area contributed by atoms with E-state index >= 15 is 0 Å². The number of nitrogens with zero attached hydrogens (tertiary/aromatic N) is 1. The molecule has 0 aliphatic carbocycles. The van der Waals surface area contributed by atoms with E-state index in [0.29, 0.717) is 10.7 Å². The first kappa shape index (κ1) is 15.3. The zero-order valence-corrected chi connectivity index (χ0v) is 12.3. The van der Waals surface area contributed by atoms with Crippen LogP contribution in [0.3, 0.4) is 0 Å². The van der Waals surface area contributed by atoms with Gasteiger partial charge in [-0.2, -0.15) is 0 Å². The third-order valence-corrected chi connectivity index (χ3v) is 3.56. The van der Waals surface area contributed by atoms with Gasteiger partial charge in [-0.15, -0.1) is 0 Å². The zero-order chi connectivity index (χ0) is 15.6. The topological polar surface area (TPSA) is 55.2 Å². The molecule has 0 aromatic heterocycles. The fourth-order valence-corrected chi connectivity index (χ4v) is 2.37. The van der Waals surface area contributed by atoms with Crippen LogP contribution < -0.4 is 5.32 Å². The van der Waals surface area contributed by atoms with E-state index in [4.69, 9.17) is 11.6 Å². The van der Waals surface area contributed by atoms with Crippen molar-refractivity contribution in [2.75, 3.05) is 5.32 Å². The van der Waals surface area contributed by atoms with E-state index in [1.165, 1.54) is 24.3 Å². The standard InChI is InChI=1S/C15H14ClFN2O2/c1-9-3-5-12(19(20)21)8-15(9)18-10(2)13-6-4-11(17)7-14(13)16/h3-8,10,18H,1-2H3. The second-order valence-electron chi connectivity index (χ2n) is 4.79. The van der Waals surface area contributed by atoms with Gasteiger partial charge >= 0.3 is 0 Å². The van der Waals surface area contributed by atoms with Crippen molar-refractivity contribution in [3.05, 3.63) is 68.5 Å². The number of anilines is 1. The third kappa shape index (κ3) is 3.49. The van der Waals surface area contributed by atoms with Crippen molar-refractivity contribution < 1.29 is 9.31 Å². The lowest BCUT2D eigenvalue weighted by atomic mass is 10.1. The number of nitro groups is 1. The Morgan fingerprint density at radius 3 is 2.62 bits per heavy atom. The molecule has 0 heterocycles. The molecule has 0 fully saturated rings. The second kappa shape index (κ2) is 6.10. The van der Waals surface area contributed by atoms with Gasteiger partial charge in [0.1, 0.15) is 5.82 Å². The highest BCUT2D eigenvalue weighted by Gasteiger charge is 2.14. The van der Waals surface area contributed by atoms with Crippen LogP contribution in [-0.4, -0.2) is 4.92 Å². The summed E-state index contributed by atoms with van der Waals surface area (Å²) in [5.41, 5.74) is 2.27. The van der Waals surface area contributed by atoms with E-state index in [1.54, 1.807) is 12.1 Å². The van der Waals surface area contributed by atoms with E-state index in [-0.39, 0.29) is 11.7 Å². The molecular weight excluding hydrogens is 295 g/mol. The first-order chi connectivity index (χ1) is 9.88. The molecule has 0 aliphatic rings. The van der Waals surface area contributed by atoms with Crippen molar-refractivity contribution in [1.29, 1.82) is 0 Å². The van der Waals surface area contributed by atoms with Gasteiger partial charge in [0, 0.05) is 22.8 Å². The van der Waals surface area contributed by atoms with Crippen LogP contribution in [0, 0.1) is 22.9 Å². The summed E-state index contributed by atoms with van der Waals surface area (Å²) in [6, 6.07) is 8.58. The van der Waals surface area contributed by atoms with Gasteiger partial charge in [-0.3, -0.25) is 10.1 Å².